The number of benzene rings is 1. The lowest BCUT2D eigenvalue weighted by molar-refractivity contribution is 0.315. The average molecular weight is 208 g/mol. The van der Waals surface area contributed by atoms with Crippen molar-refractivity contribution in [1.29, 1.82) is 0 Å². The summed E-state index contributed by atoms with van der Waals surface area (Å²) in [6, 6.07) is 7.50. The van der Waals surface area contributed by atoms with Crippen LogP contribution in [0, 0.1) is 5.92 Å². The summed E-state index contributed by atoms with van der Waals surface area (Å²) in [4.78, 5) is 0. The molecule has 0 aliphatic carbocycles. The maximum Gasteiger partial charge on any atom is 0.135 e. The summed E-state index contributed by atoms with van der Waals surface area (Å²) < 4.78 is 4.46. The van der Waals surface area contributed by atoms with Crippen LogP contribution in [0.5, 0.6) is 0 Å². The van der Waals surface area contributed by atoms with E-state index in [4.69, 9.17) is 0 Å². The van der Waals surface area contributed by atoms with E-state index in [0.29, 0.717) is 0 Å². The summed E-state index contributed by atoms with van der Waals surface area (Å²) in [7, 11) is 0. The smallest absolute Gasteiger partial charge is 0.135 e. The van der Waals surface area contributed by atoms with Gasteiger partial charge in [-0.2, -0.15) is 0 Å². The van der Waals surface area contributed by atoms with E-state index in [1.54, 1.807) is 0 Å². The van der Waals surface area contributed by atoms with Crippen molar-refractivity contribution in [2.75, 3.05) is 0 Å². The van der Waals surface area contributed by atoms with Crippen molar-refractivity contribution < 1.29 is 4.63 Å². The highest BCUT2D eigenvalue weighted by Crippen LogP contribution is 2.05. The third-order valence-corrected chi connectivity index (χ3v) is 1.16. The van der Waals surface area contributed by atoms with E-state index in [0.717, 1.165) is 17.0 Å². The highest BCUT2D eigenvalue weighted by Gasteiger charge is 1.93. The fraction of sp³-hybridized carbons (Fsp3) is 0.500. The van der Waals surface area contributed by atoms with Gasteiger partial charge < -0.3 is 0 Å². The Morgan fingerprint density at radius 3 is 1.60 bits per heavy atom. The fourth-order valence-corrected chi connectivity index (χ4v) is 0.727. The number of rotatable bonds is 0. The van der Waals surface area contributed by atoms with Crippen molar-refractivity contribution in [1.82, 2.24) is 10.3 Å². The van der Waals surface area contributed by atoms with Crippen molar-refractivity contribution in [3.8, 4) is 0 Å². The lowest BCUT2D eigenvalue weighted by atomic mass is 10.3. The SMILES string of the molecule is CC.CC(C)C.c1ccc2nonc2c1. The zero-order chi connectivity index (χ0) is 11.7. The topological polar surface area (TPSA) is 38.9 Å². The predicted octanol–water partition coefficient (Wildman–Crippen LogP) is 3.91. The largest absolute Gasteiger partial charge is 0.243 e. The number of aromatic nitrogens is 2. The van der Waals surface area contributed by atoms with Crippen molar-refractivity contribution in [2.24, 2.45) is 5.92 Å². The Balaban J connectivity index is 0.000000282. The zero-order valence-electron chi connectivity index (χ0n) is 10.2. The Kier molecular flexibility index (Phi) is 7.24. The lowest BCUT2D eigenvalue weighted by Crippen LogP contribution is -1.66. The standard InChI is InChI=1S/C6H4N2O.C4H10.C2H6/c1-2-4-6-5(3-1)7-9-8-6;1-4(2)3;1-2/h1-4H;4H,1-3H3;1-2H3. The van der Waals surface area contributed by atoms with E-state index in [1.165, 1.54) is 0 Å². The number of nitrogens with zero attached hydrogens (tertiary/aromatic N) is 2. The molecular weight excluding hydrogens is 188 g/mol. The van der Waals surface area contributed by atoms with E-state index in [2.05, 4.69) is 35.7 Å². The van der Waals surface area contributed by atoms with Crippen LogP contribution < -0.4 is 0 Å². The number of hydrogen-bond donors (Lipinski definition) is 0. The molecule has 0 aliphatic heterocycles. The van der Waals surface area contributed by atoms with Gasteiger partial charge >= 0.3 is 0 Å². The highest BCUT2D eigenvalue weighted by atomic mass is 16.6. The van der Waals surface area contributed by atoms with Crippen molar-refractivity contribution in [2.45, 2.75) is 34.6 Å². The molecule has 0 amide bonds. The Bertz CT molecular complexity index is 322. The van der Waals surface area contributed by atoms with Crippen molar-refractivity contribution >= 4 is 11.0 Å². The van der Waals surface area contributed by atoms with Crippen LogP contribution >= 0.6 is 0 Å². The second-order valence-corrected chi connectivity index (χ2v) is 3.48. The molecule has 0 bridgehead atoms. The minimum atomic E-state index is 0.803. The van der Waals surface area contributed by atoms with Gasteiger partial charge in [-0.25, -0.2) is 4.63 Å². The predicted molar refractivity (Wildman–Crippen MR) is 63.7 cm³/mol. The lowest BCUT2D eigenvalue weighted by Gasteiger charge is -1.79. The maximum absolute atomic E-state index is 4.46. The van der Waals surface area contributed by atoms with Crippen LogP contribution in [-0.4, -0.2) is 10.3 Å². The molecule has 0 atom stereocenters. The number of hydrogen-bond acceptors (Lipinski definition) is 3. The molecule has 0 saturated carbocycles. The van der Waals surface area contributed by atoms with Gasteiger partial charge in [0.05, 0.1) is 0 Å². The summed E-state index contributed by atoms with van der Waals surface area (Å²) in [5.74, 6) is 0.833. The molecular formula is C12H20N2O. The molecule has 1 aromatic carbocycles. The van der Waals surface area contributed by atoms with Gasteiger partial charge in [-0.05, 0) is 28.4 Å². The van der Waals surface area contributed by atoms with Crippen LogP contribution in [0.15, 0.2) is 28.9 Å². The molecule has 0 fully saturated rings. The van der Waals surface area contributed by atoms with Crippen LogP contribution in [-0.2, 0) is 0 Å². The normalized spacial score (nSPS) is 8.93. The second-order valence-electron chi connectivity index (χ2n) is 3.48. The average Bonchev–Trinajstić information content (AvgIpc) is 2.67. The molecule has 0 N–H and O–H groups in total. The second kappa shape index (κ2) is 7.97. The van der Waals surface area contributed by atoms with Crippen LogP contribution in [0.4, 0.5) is 0 Å². The summed E-state index contributed by atoms with van der Waals surface area (Å²) in [5.41, 5.74) is 1.61. The highest BCUT2D eigenvalue weighted by molar-refractivity contribution is 5.72. The first kappa shape index (κ1) is 13.6. The Hall–Kier alpha value is -1.38. The molecule has 0 radical (unpaired) electrons. The molecule has 0 spiro atoms. The third-order valence-electron chi connectivity index (χ3n) is 1.16. The van der Waals surface area contributed by atoms with E-state index < -0.39 is 0 Å². The third kappa shape index (κ3) is 5.83. The summed E-state index contributed by atoms with van der Waals surface area (Å²) in [6.45, 7) is 10.5. The van der Waals surface area contributed by atoms with Crippen LogP contribution in [0.25, 0.3) is 11.0 Å². The first-order valence-corrected chi connectivity index (χ1v) is 5.37. The van der Waals surface area contributed by atoms with Crippen LogP contribution in [0.2, 0.25) is 0 Å². The number of fused-ring (bicyclic) bond motifs is 1. The molecule has 3 nitrogen and oxygen atoms in total. The molecule has 2 rings (SSSR count). The van der Waals surface area contributed by atoms with Crippen LogP contribution in [0.3, 0.4) is 0 Å². The van der Waals surface area contributed by atoms with Crippen molar-refractivity contribution in [3.05, 3.63) is 24.3 Å². The van der Waals surface area contributed by atoms with Gasteiger partial charge in [0, 0.05) is 0 Å². The quantitative estimate of drug-likeness (QED) is 0.658. The molecule has 0 unspecified atom stereocenters. The monoisotopic (exact) mass is 208 g/mol. The Labute approximate surface area is 91.5 Å². The summed E-state index contributed by atoms with van der Waals surface area (Å²) in [6.07, 6.45) is 0. The molecule has 1 heterocycles. The van der Waals surface area contributed by atoms with Gasteiger partial charge in [-0.3, -0.25) is 0 Å². The fourth-order valence-electron chi connectivity index (χ4n) is 0.727. The Morgan fingerprint density at radius 2 is 1.27 bits per heavy atom. The van der Waals surface area contributed by atoms with Gasteiger partial charge in [-0.1, -0.05) is 46.8 Å². The first-order chi connectivity index (χ1) is 7.20. The van der Waals surface area contributed by atoms with Crippen LogP contribution in [0.1, 0.15) is 34.6 Å². The molecule has 3 heteroatoms. The van der Waals surface area contributed by atoms with Crippen molar-refractivity contribution in [3.63, 3.8) is 0 Å². The van der Waals surface area contributed by atoms with Gasteiger partial charge in [0.25, 0.3) is 0 Å². The summed E-state index contributed by atoms with van der Waals surface area (Å²) in [5, 5.41) is 7.27. The Morgan fingerprint density at radius 1 is 0.933 bits per heavy atom. The van der Waals surface area contributed by atoms with Gasteiger partial charge in [0.15, 0.2) is 0 Å². The van der Waals surface area contributed by atoms with E-state index in [9.17, 15) is 0 Å². The molecule has 0 aliphatic rings. The first-order valence-electron chi connectivity index (χ1n) is 5.37. The minimum absolute atomic E-state index is 0.803. The van der Waals surface area contributed by atoms with Gasteiger partial charge in [0.2, 0.25) is 0 Å². The molecule has 0 saturated heterocycles. The van der Waals surface area contributed by atoms with E-state index >= 15 is 0 Å². The molecule has 15 heavy (non-hydrogen) atoms. The van der Waals surface area contributed by atoms with Gasteiger partial charge in [0.1, 0.15) is 11.0 Å². The maximum atomic E-state index is 4.46. The zero-order valence-corrected chi connectivity index (χ0v) is 10.2. The van der Waals surface area contributed by atoms with E-state index in [-0.39, 0.29) is 0 Å². The molecule has 84 valence electrons. The molecule has 2 aromatic rings. The summed E-state index contributed by atoms with van der Waals surface area (Å²) >= 11 is 0. The van der Waals surface area contributed by atoms with Gasteiger partial charge in [-0.15, -0.1) is 0 Å². The molecule has 1 aromatic heterocycles. The minimum Gasteiger partial charge on any atom is -0.243 e. The van der Waals surface area contributed by atoms with E-state index in [1.807, 2.05) is 38.1 Å².